The minimum Gasteiger partial charge on any atom is -0.411 e. The molecule has 0 aliphatic heterocycles. The first-order chi connectivity index (χ1) is 9.10. The first kappa shape index (κ1) is 17.0. The minimum atomic E-state index is -1.96. The van der Waals surface area contributed by atoms with E-state index in [0.717, 1.165) is 0 Å². The van der Waals surface area contributed by atoms with Crippen LogP contribution in [0.1, 0.15) is 50.2 Å². The van der Waals surface area contributed by atoms with Crippen LogP contribution in [0, 0.1) is 5.82 Å². The maximum absolute atomic E-state index is 14.2. The lowest BCUT2D eigenvalue weighted by atomic mass is 10.1. The topological polar surface area (TPSA) is 39.2 Å². The van der Waals surface area contributed by atoms with Crippen LogP contribution in [-0.4, -0.2) is 19.1 Å². The molecule has 0 spiro atoms. The molecule has 0 aliphatic rings. The molecular formula is C15H24FNO2Si. The Bertz CT molecular complexity index is 495. The number of hydrogen-bond donors (Lipinski definition) is 0. The summed E-state index contributed by atoms with van der Waals surface area (Å²) in [6.45, 7) is 12.4. The third kappa shape index (κ3) is 3.73. The quantitative estimate of drug-likeness (QED) is 0.599. The van der Waals surface area contributed by atoms with E-state index in [2.05, 4.69) is 38.8 Å². The van der Waals surface area contributed by atoms with Gasteiger partial charge in [-0.1, -0.05) is 27.7 Å². The van der Waals surface area contributed by atoms with Crippen molar-refractivity contribution in [1.29, 1.82) is 0 Å². The Morgan fingerprint density at radius 1 is 1.40 bits per heavy atom. The van der Waals surface area contributed by atoms with Crippen molar-refractivity contribution >= 4 is 14.1 Å². The van der Waals surface area contributed by atoms with Gasteiger partial charge in [-0.3, -0.25) is 9.78 Å². The highest BCUT2D eigenvalue weighted by atomic mass is 28.4. The third-order valence-electron chi connectivity index (χ3n) is 3.96. The van der Waals surface area contributed by atoms with Gasteiger partial charge in [0.1, 0.15) is 5.69 Å². The molecule has 0 saturated heterocycles. The average molecular weight is 297 g/mol. The van der Waals surface area contributed by atoms with Crippen molar-refractivity contribution in [3.8, 4) is 0 Å². The fourth-order valence-corrected chi connectivity index (χ4v) is 2.39. The Balaban J connectivity index is 2.93. The molecule has 0 radical (unpaired) electrons. The Kier molecular flexibility index (Phi) is 5.21. The van der Waals surface area contributed by atoms with Gasteiger partial charge >= 0.3 is 0 Å². The van der Waals surface area contributed by atoms with Crippen molar-refractivity contribution in [3.05, 3.63) is 29.3 Å². The fourth-order valence-electron chi connectivity index (χ4n) is 1.46. The molecule has 3 nitrogen and oxygen atoms in total. The number of carbonyl (C=O) groups is 1. The number of ketones is 1. The van der Waals surface area contributed by atoms with E-state index in [1.165, 1.54) is 12.3 Å². The van der Waals surface area contributed by atoms with Gasteiger partial charge in [-0.15, -0.1) is 0 Å². The molecule has 20 heavy (non-hydrogen) atoms. The van der Waals surface area contributed by atoms with Crippen LogP contribution in [-0.2, 0) is 11.0 Å². The molecule has 1 heterocycles. The predicted octanol–water partition coefficient (Wildman–Crippen LogP) is 4.34. The van der Waals surface area contributed by atoms with Crippen molar-refractivity contribution in [3.63, 3.8) is 0 Å². The number of aromatic nitrogens is 1. The van der Waals surface area contributed by atoms with Crippen LogP contribution in [0.5, 0.6) is 0 Å². The van der Waals surface area contributed by atoms with Gasteiger partial charge in [0.05, 0.1) is 12.2 Å². The molecule has 0 bridgehead atoms. The minimum absolute atomic E-state index is 0.0559. The zero-order chi connectivity index (χ0) is 15.6. The molecule has 0 N–H and O–H groups in total. The van der Waals surface area contributed by atoms with Gasteiger partial charge in [0.2, 0.25) is 0 Å². The van der Waals surface area contributed by atoms with Gasteiger partial charge in [-0.2, -0.15) is 0 Å². The third-order valence-corrected chi connectivity index (χ3v) is 8.44. The van der Waals surface area contributed by atoms with Gasteiger partial charge in [0.25, 0.3) is 0 Å². The first-order valence-corrected chi connectivity index (χ1v) is 9.81. The summed E-state index contributed by atoms with van der Waals surface area (Å²) in [6, 6.07) is 1.43. The van der Waals surface area contributed by atoms with Crippen molar-refractivity contribution in [2.75, 3.05) is 0 Å². The largest absolute Gasteiger partial charge is 0.411 e. The summed E-state index contributed by atoms with van der Waals surface area (Å²) in [5, 5.41) is 0.0559. The summed E-state index contributed by atoms with van der Waals surface area (Å²) >= 11 is 0. The lowest BCUT2D eigenvalue weighted by Gasteiger charge is -2.36. The highest BCUT2D eigenvalue weighted by molar-refractivity contribution is 6.74. The summed E-state index contributed by atoms with van der Waals surface area (Å²) in [5.41, 5.74) is 0.324. The summed E-state index contributed by atoms with van der Waals surface area (Å²) in [4.78, 5) is 15.7. The number of hydrogen-bond acceptors (Lipinski definition) is 3. The Morgan fingerprint density at radius 3 is 2.50 bits per heavy atom. The molecule has 1 aromatic heterocycles. The van der Waals surface area contributed by atoms with Crippen LogP contribution in [0.25, 0.3) is 0 Å². The highest BCUT2D eigenvalue weighted by Gasteiger charge is 2.37. The lowest BCUT2D eigenvalue weighted by molar-refractivity contribution is 0.0983. The van der Waals surface area contributed by atoms with E-state index in [9.17, 15) is 9.18 Å². The monoisotopic (exact) mass is 297 g/mol. The average Bonchev–Trinajstić information content (AvgIpc) is 2.35. The van der Waals surface area contributed by atoms with Crippen LogP contribution >= 0.6 is 0 Å². The van der Waals surface area contributed by atoms with E-state index < -0.39 is 14.1 Å². The maximum Gasteiger partial charge on any atom is 0.192 e. The van der Waals surface area contributed by atoms with Crippen LogP contribution in [0.15, 0.2) is 12.3 Å². The zero-order valence-electron chi connectivity index (χ0n) is 13.2. The molecule has 0 amide bonds. The number of pyridine rings is 1. The van der Waals surface area contributed by atoms with E-state index in [1.807, 2.05) is 0 Å². The molecule has 112 valence electrons. The zero-order valence-corrected chi connectivity index (χ0v) is 14.2. The summed E-state index contributed by atoms with van der Waals surface area (Å²) < 4.78 is 20.2. The molecule has 1 aromatic rings. The molecule has 1 rings (SSSR count). The lowest BCUT2D eigenvalue weighted by Crippen LogP contribution is -2.40. The maximum atomic E-state index is 14.2. The molecule has 0 unspecified atom stereocenters. The summed E-state index contributed by atoms with van der Waals surface area (Å²) in [5.74, 6) is -0.753. The first-order valence-electron chi connectivity index (χ1n) is 6.90. The number of carbonyl (C=O) groups excluding carboxylic acids is 1. The fraction of sp³-hybridized carbons (Fsp3) is 0.600. The van der Waals surface area contributed by atoms with Gasteiger partial charge < -0.3 is 4.43 Å². The van der Waals surface area contributed by atoms with Gasteiger partial charge in [0.15, 0.2) is 19.9 Å². The van der Waals surface area contributed by atoms with Crippen LogP contribution in [0.2, 0.25) is 18.1 Å². The molecule has 0 aromatic carbocycles. The second-order valence-electron chi connectivity index (χ2n) is 6.44. The van der Waals surface area contributed by atoms with Crippen molar-refractivity contribution in [2.24, 2.45) is 0 Å². The van der Waals surface area contributed by atoms with Crippen LogP contribution in [0.3, 0.4) is 0 Å². The number of halogens is 1. The normalized spacial score (nSPS) is 12.6. The van der Waals surface area contributed by atoms with E-state index >= 15 is 0 Å². The molecule has 0 fully saturated rings. The van der Waals surface area contributed by atoms with E-state index in [-0.39, 0.29) is 35.1 Å². The van der Waals surface area contributed by atoms with E-state index in [1.54, 1.807) is 6.92 Å². The molecule has 0 aliphatic carbocycles. The Hall–Kier alpha value is -1.07. The summed E-state index contributed by atoms with van der Waals surface area (Å²) in [7, 11) is -1.96. The smallest absolute Gasteiger partial charge is 0.192 e. The second-order valence-corrected chi connectivity index (χ2v) is 11.3. The highest BCUT2D eigenvalue weighted by Crippen LogP contribution is 2.37. The van der Waals surface area contributed by atoms with Crippen molar-refractivity contribution < 1.29 is 13.6 Å². The second kappa shape index (κ2) is 6.14. The molecule has 0 saturated carbocycles. The molecule has 5 heteroatoms. The van der Waals surface area contributed by atoms with Gasteiger partial charge in [-0.05, 0) is 24.2 Å². The van der Waals surface area contributed by atoms with Gasteiger partial charge in [-0.25, -0.2) is 4.39 Å². The Labute approximate surface area is 121 Å². The van der Waals surface area contributed by atoms with E-state index in [4.69, 9.17) is 4.43 Å². The van der Waals surface area contributed by atoms with Crippen molar-refractivity contribution in [1.82, 2.24) is 4.98 Å². The van der Waals surface area contributed by atoms with Crippen molar-refractivity contribution in [2.45, 2.75) is 58.9 Å². The molecule has 0 atom stereocenters. The van der Waals surface area contributed by atoms with E-state index in [0.29, 0.717) is 0 Å². The predicted molar refractivity (Wildman–Crippen MR) is 80.8 cm³/mol. The SMILES string of the molecule is CCC(=O)c1ccnc(CO[Si](C)(C)C(C)(C)C)c1F. The number of Topliss-reactive ketones (excluding diaryl/α,β-unsaturated/α-hetero) is 1. The van der Waals surface area contributed by atoms with Crippen LogP contribution in [0.4, 0.5) is 4.39 Å². The van der Waals surface area contributed by atoms with Crippen LogP contribution < -0.4 is 0 Å². The number of nitrogens with zero attached hydrogens (tertiary/aromatic N) is 1. The Morgan fingerprint density at radius 2 is 2.00 bits per heavy atom. The summed E-state index contributed by atoms with van der Waals surface area (Å²) in [6.07, 6.45) is 1.75. The molecular weight excluding hydrogens is 273 g/mol. The van der Waals surface area contributed by atoms with Gasteiger partial charge in [0, 0.05) is 12.6 Å². The standard InChI is InChI=1S/C15H24FNO2Si/c1-7-13(18)11-8-9-17-12(14(11)16)10-19-20(5,6)15(2,3)4/h8-9H,7,10H2,1-6H3. The number of rotatable bonds is 5.